The molecule has 2 aromatic carbocycles. The first kappa shape index (κ1) is 13.4. The van der Waals surface area contributed by atoms with Crippen molar-refractivity contribution < 1.29 is 13.7 Å². The summed E-state index contributed by atoms with van der Waals surface area (Å²) in [6.45, 7) is 0. The van der Waals surface area contributed by atoms with Crippen molar-refractivity contribution in [3.63, 3.8) is 0 Å². The van der Waals surface area contributed by atoms with Crippen LogP contribution in [0.1, 0.15) is 5.56 Å². The molecule has 0 radical (unpaired) electrons. The lowest BCUT2D eigenvalue weighted by molar-refractivity contribution is -0.386. The van der Waals surface area contributed by atoms with E-state index >= 15 is 0 Å². The van der Waals surface area contributed by atoms with E-state index in [0.29, 0.717) is 0 Å². The summed E-state index contributed by atoms with van der Waals surface area (Å²) in [6.07, 6.45) is 0. The Kier molecular flexibility index (Phi) is 3.57. The lowest BCUT2D eigenvalue weighted by atomic mass is 10.2. The molecule has 0 amide bonds. The number of hydrogen-bond acceptors (Lipinski definition) is 4. The van der Waals surface area contributed by atoms with Crippen LogP contribution in [0.25, 0.3) is 0 Å². The van der Waals surface area contributed by atoms with Gasteiger partial charge in [-0.1, -0.05) is 6.07 Å². The molecule has 20 heavy (non-hydrogen) atoms. The van der Waals surface area contributed by atoms with Crippen molar-refractivity contribution in [3.05, 3.63) is 63.7 Å². The number of nitro benzene ring substituents is 1. The summed E-state index contributed by atoms with van der Waals surface area (Å²) < 4.78 is 27.1. The van der Waals surface area contributed by atoms with Gasteiger partial charge in [0.25, 0.3) is 0 Å². The zero-order chi connectivity index (χ0) is 14.7. The standard InChI is InChI=1S/C13H7F2N3O2/c14-9-2-1-3-12(13(9)18(19)20)17-11-5-4-8(7-16)6-10(11)15/h1-6,17H. The third-order valence-electron chi connectivity index (χ3n) is 2.54. The van der Waals surface area contributed by atoms with E-state index in [4.69, 9.17) is 5.26 Å². The van der Waals surface area contributed by atoms with E-state index in [-0.39, 0.29) is 16.9 Å². The maximum absolute atomic E-state index is 13.7. The van der Waals surface area contributed by atoms with Crippen molar-refractivity contribution in [1.82, 2.24) is 0 Å². The van der Waals surface area contributed by atoms with Crippen LogP contribution < -0.4 is 5.32 Å². The summed E-state index contributed by atoms with van der Waals surface area (Å²) in [6, 6.07) is 8.81. The zero-order valence-corrected chi connectivity index (χ0v) is 9.93. The number of nitro groups is 1. The van der Waals surface area contributed by atoms with E-state index in [2.05, 4.69) is 5.32 Å². The van der Waals surface area contributed by atoms with Crippen molar-refractivity contribution in [2.24, 2.45) is 0 Å². The fraction of sp³-hybridized carbons (Fsp3) is 0. The number of nitrogens with one attached hydrogen (secondary N) is 1. The number of rotatable bonds is 3. The minimum atomic E-state index is -1.02. The van der Waals surface area contributed by atoms with Crippen LogP contribution in [0.5, 0.6) is 0 Å². The van der Waals surface area contributed by atoms with Gasteiger partial charge in [0.1, 0.15) is 11.5 Å². The molecule has 0 spiro atoms. The first-order chi connectivity index (χ1) is 9.52. The topological polar surface area (TPSA) is 79.0 Å². The first-order valence-corrected chi connectivity index (χ1v) is 5.42. The van der Waals surface area contributed by atoms with E-state index in [1.807, 2.05) is 0 Å². The molecular weight excluding hydrogens is 268 g/mol. The van der Waals surface area contributed by atoms with E-state index < -0.39 is 22.2 Å². The number of benzene rings is 2. The van der Waals surface area contributed by atoms with Crippen molar-refractivity contribution >= 4 is 17.1 Å². The van der Waals surface area contributed by atoms with Gasteiger partial charge < -0.3 is 5.32 Å². The summed E-state index contributed by atoms with van der Waals surface area (Å²) >= 11 is 0. The average molecular weight is 275 g/mol. The van der Waals surface area contributed by atoms with Gasteiger partial charge in [-0.25, -0.2) is 4.39 Å². The van der Waals surface area contributed by atoms with Gasteiger partial charge in [-0.15, -0.1) is 0 Å². The molecular formula is C13H7F2N3O2. The number of hydrogen-bond donors (Lipinski definition) is 1. The third-order valence-corrected chi connectivity index (χ3v) is 2.54. The highest BCUT2D eigenvalue weighted by molar-refractivity contribution is 5.70. The highest BCUT2D eigenvalue weighted by Crippen LogP contribution is 2.31. The summed E-state index contributed by atoms with van der Waals surface area (Å²) in [7, 11) is 0. The maximum atomic E-state index is 13.7. The molecule has 0 atom stereocenters. The molecule has 5 nitrogen and oxygen atoms in total. The molecule has 0 aliphatic carbocycles. The van der Waals surface area contributed by atoms with Crippen LogP contribution in [0, 0.1) is 33.1 Å². The van der Waals surface area contributed by atoms with E-state index in [1.54, 1.807) is 6.07 Å². The Bertz CT molecular complexity index is 726. The predicted molar refractivity (Wildman–Crippen MR) is 67.5 cm³/mol. The molecule has 2 rings (SSSR count). The summed E-state index contributed by atoms with van der Waals surface area (Å²) in [4.78, 5) is 9.92. The number of anilines is 2. The van der Waals surface area contributed by atoms with Crippen molar-refractivity contribution in [2.45, 2.75) is 0 Å². The minimum Gasteiger partial charge on any atom is -0.347 e. The molecule has 0 aliphatic rings. The van der Waals surface area contributed by atoms with Crippen molar-refractivity contribution in [1.29, 1.82) is 5.26 Å². The monoisotopic (exact) mass is 275 g/mol. The summed E-state index contributed by atoms with van der Waals surface area (Å²) in [5, 5.41) is 21.9. The van der Waals surface area contributed by atoms with Crippen LogP contribution >= 0.6 is 0 Å². The lowest BCUT2D eigenvalue weighted by Crippen LogP contribution is -2.01. The van der Waals surface area contributed by atoms with Gasteiger partial charge in [-0.3, -0.25) is 10.1 Å². The lowest BCUT2D eigenvalue weighted by Gasteiger charge is -2.08. The molecule has 0 saturated heterocycles. The Labute approximate surface area is 112 Å². The molecule has 0 unspecified atom stereocenters. The van der Waals surface area contributed by atoms with Crippen LogP contribution in [0.3, 0.4) is 0 Å². The molecule has 2 aromatic rings. The molecule has 0 aromatic heterocycles. The van der Waals surface area contributed by atoms with Gasteiger partial charge in [-0.2, -0.15) is 9.65 Å². The SMILES string of the molecule is N#Cc1ccc(Nc2cccc(F)c2[N+](=O)[O-])c(F)c1. The van der Waals surface area contributed by atoms with Crippen LogP contribution in [0.15, 0.2) is 36.4 Å². The normalized spacial score (nSPS) is 9.85. The van der Waals surface area contributed by atoms with E-state index in [9.17, 15) is 18.9 Å². The van der Waals surface area contributed by atoms with Crippen molar-refractivity contribution in [3.8, 4) is 6.07 Å². The van der Waals surface area contributed by atoms with Crippen LogP contribution in [-0.4, -0.2) is 4.92 Å². The van der Waals surface area contributed by atoms with Crippen LogP contribution in [0.4, 0.5) is 25.8 Å². The highest BCUT2D eigenvalue weighted by atomic mass is 19.1. The van der Waals surface area contributed by atoms with Crippen molar-refractivity contribution in [2.75, 3.05) is 5.32 Å². The smallest absolute Gasteiger partial charge is 0.327 e. The molecule has 100 valence electrons. The maximum Gasteiger partial charge on any atom is 0.327 e. The van der Waals surface area contributed by atoms with Gasteiger partial charge in [0.05, 0.1) is 22.2 Å². The van der Waals surface area contributed by atoms with Gasteiger partial charge in [0.15, 0.2) is 0 Å². The highest BCUT2D eigenvalue weighted by Gasteiger charge is 2.20. The Balaban J connectivity index is 2.43. The summed E-state index contributed by atoms with van der Waals surface area (Å²) in [5.41, 5.74) is -0.908. The molecule has 0 saturated carbocycles. The quantitative estimate of drug-likeness (QED) is 0.687. The van der Waals surface area contributed by atoms with E-state index in [0.717, 1.165) is 12.1 Å². The first-order valence-electron chi connectivity index (χ1n) is 5.42. The van der Waals surface area contributed by atoms with Gasteiger partial charge in [0, 0.05) is 0 Å². The second-order valence-corrected chi connectivity index (χ2v) is 3.82. The minimum absolute atomic E-state index is 0.0855. The Morgan fingerprint density at radius 3 is 2.50 bits per heavy atom. The number of para-hydroxylation sites is 1. The molecule has 0 heterocycles. The predicted octanol–water partition coefficient (Wildman–Crippen LogP) is 3.49. The number of nitrogens with zero attached hydrogens (tertiary/aromatic N) is 2. The molecule has 1 N–H and O–H groups in total. The molecule has 0 fully saturated rings. The summed E-state index contributed by atoms with van der Waals surface area (Å²) in [5.74, 6) is -1.78. The van der Waals surface area contributed by atoms with Gasteiger partial charge in [-0.05, 0) is 30.3 Å². The average Bonchev–Trinajstić information content (AvgIpc) is 2.40. The van der Waals surface area contributed by atoms with Gasteiger partial charge >= 0.3 is 5.69 Å². The fourth-order valence-electron chi connectivity index (χ4n) is 1.63. The van der Waals surface area contributed by atoms with Gasteiger partial charge in [0.2, 0.25) is 5.82 Å². The fourth-order valence-corrected chi connectivity index (χ4v) is 1.63. The Hall–Kier alpha value is -3.01. The largest absolute Gasteiger partial charge is 0.347 e. The number of nitriles is 1. The molecule has 7 heteroatoms. The molecule has 0 bridgehead atoms. The third kappa shape index (κ3) is 2.54. The second kappa shape index (κ2) is 5.32. The van der Waals surface area contributed by atoms with Crippen LogP contribution in [0.2, 0.25) is 0 Å². The van der Waals surface area contributed by atoms with Crippen LogP contribution in [-0.2, 0) is 0 Å². The molecule has 0 aliphatic heterocycles. The Morgan fingerprint density at radius 1 is 1.15 bits per heavy atom. The second-order valence-electron chi connectivity index (χ2n) is 3.82. The Morgan fingerprint density at radius 2 is 1.90 bits per heavy atom. The number of halogens is 2. The zero-order valence-electron chi connectivity index (χ0n) is 9.93. The van der Waals surface area contributed by atoms with E-state index in [1.165, 1.54) is 24.3 Å².